The lowest BCUT2D eigenvalue weighted by molar-refractivity contribution is -0.134. The number of nitrogens with zero attached hydrogens (tertiary/aromatic N) is 2. The molecule has 1 heterocycles. The summed E-state index contributed by atoms with van der Waals surface area (Å²) in [4.78, 5) is 28.0. The standard InChI is InChI=1S/C17H22Cl2N2O2/c1-3-13-6-4-5-9-20(13)17(23)11-21(12(2)22)14-7-8-15(18)16(19)10-14/h7-8,10,13H,3-6,9,11H2,1-2H3. The van der Waals surface area contributed by atoms with E-state index in [0.717, 1.165) is 32.2 Å². The number of rotatable bonds is 4. The van der Waals surface area contributed by atoms with Crippen molar-refractivity contribution in [3.8, 4) is 0 Å². The minimum atomic E-state index is -0.193. The Balaban J connectivity index is 2.17. The van der Waals surface area contributed by atoms with E-state index in [9.17, 15) is 9.59 Å². The van der Waals surface area contributed by atoms with E-state index >= 15 is 0 Å². The van der Waals surface area contributed by atoms with Crippen molar-refractivity contribution in [1.82, 2.24) is 4.90 Å². The third-order valence-electron chi connectivity index (χ3n) is 4.31. The Morgan fingerprint density at radius 1 is 1.26 bits per heavy atom. The van der Waals surface area contributed by atoms with Crippen LogP contribution in [-0.4, -0.2) is 35.8 Å². The molecule has 2 amide bonds. The van der Waals surface area contributed by atoms with Gasteiger partial charge in [0.2, 0.25) is 11.8 Å². The summed E-state index contributed by atoms with van der Waals surface area (Å²) < 4.78 is 0. The zero-order valence-corrected chi connectivity index (χ0v) is 15.0. The van der Waals surface area contributed by atoms with Crippen molar-refractivity contribution in [3.05, 3.63) is 28.2 Å². The Kier molecular flexibility index (Phi) is 6.31. The Bertz CT molecular complexity index is 592. The number of carbonyl (C=O) groups excluding carboxylic acids is 2. The summed E-state index contributed by atoms with van der Waals surface area (Å²) in [5, 5.41) is 0.791. The summed E-state index contributed by atoms with van der Waals surface area (Å²) in [6.45, 7) is 4.34. The number of hydrogen-bond donors (Lipinski definition) is 0. The lowest BCUT2D eigenvalue weighted by atomic mass is 10.00. The Labute approximate surface area is 147 Å². The van der Waals surface area contributed by atoms with Crippen molar-refractivity contribution in [2.75, 3.05) is 18.0 Å². The van der Waals surface area contributed by atoms with E-state index in [1.54, 1.807) is 18.2 Å². The highest BCUT2D eigenvalue weighted by Crippen LogP contribution is 2.28. The minimum absolute atomic E-state index is 0.0159. The molecule has 0 N–H and O–H groups in total. The average molecular weight is 357 g/mol. The van der Waals surface area contributed by atoms with E-state index in [1.807, 2.05) is 4.90 Å². The van der Waals surface area contributed by atoms with Gasteiger partial charge in [-0.3, -0.25) is 9.59 Å². The van der Waals surface area contributed by atoms with Crippen LogP contribution >= 0.6 is 23.2 Å². The molecular weight excluding hydrogens is 335 g/mol. The maximum Gasteiger partial charge on any atom is 0.242 e. The summed E-state index contributed by atoms with van der Waals surface area (Å²) in [6, 6.07) is 5.23. The van der Waals surface area contributed by atoms with Crippen LogP contribution in [0.25, 0.3) is 0 Å². The maximum atomic E-state index is 12.7. The molecule has 1 unspecified atom stereocenters. The second-order valence-electron chi connectivity index (χ2n) is 5.85. The molecular formula is C17H22Cl2N2O2. The molecule has 6 heteroatoms. The van der Waals surface area contributed by atoms with Gasteiger partial charge in [-0.2, -0.15) is 0 Å². The van der Waals surface area contributed by atoms with Crippen LogP contribution in [-0.2, 0) is 9.59 Å². The van der Waals surface area contributed by atoms with Gasteiger partial charge in [-0.05, 0) is 43.9 Å². The molecule has 1 aliphatic rings. The quantitative estimate of drug-likeness (QED) is 0.813. The fourth-order valence-corrected chi connectivity index (χ4v) is 3.31. The van der Waals surface area contributed by atoms with Crippen LogP contribution in [0.3, 0.4) is 0 Å². The molecule has 0 radical (unpaired) electrons. The van der Waals surface area contributed by atoms with Crippen molar-refractivity contribution >= 4 is 40.7 Å². The van der Waals surface area contributed by atoms with Crippen LogP contribution in [0.15, 0.2) is 18.2 Å². The number of benzene rings is 1. The first-order chi connectivity index (χ1) is 10.9. The van der Waals surface area contributed by atoms with Crippen LogP contribution in [0.2, 0.25) is 10.0 Å². The fourth-order valence-electron chi connectivity index (χ4n) is 3.02. The molecule has 1 aliphatic heterocycles. The number of halogens is 2. The number of anilines is 1. The molecule has 126 valence electrons. The predicted octanol–water partition coefficient (Wildman–Crippen LogP) is 4.14. The van der Waals surface area contributed by atoms with E-state index in [4.69, 9.17) is 23.2 Å². The van der Waals surface area contributed by atoms with Crippen molar-refractivity contribution in [1.29, 1.82) is 0 Å². The van der Waals surface area contributed by atoms with Gasteiger partial charge in [-0.1, -0.05) is 30.1 Å². The van der Waals surface area contributed by atoms with Crippen molar-refractivity contribution in [2.45, 2.75) is 45.6 Å². The Hall–Kier alpha value is -1.26. The van der Waals surface area contributed by atoms with Crippen molar-refractivity contribution in [3.63, 3.8) is 0 Å². The second-order valence-corrected chi connectivity index (χ2v) is 6.66. The van der Waals surface area contributed by atoms with Gasteiger partial charge in [0.05, 0.1) is 10.0 Å². The first-order valence-corrected chi connectivity index (χ1v) is 8.72. The molecule has 0 bridgehead atoms. The van der Waals surface area contributed by atoms with E-state index in [2.05, 4.69) is 6.92 Å². The first-order valence-electron chi connectivity index (χ1n) is 7.96. The van der Waals surface area contributed by atoms with E-state index in [-0.39, 0.29) is 24.4 Å². The summed E-state index contributed by atoms with van der Waals surface area (Å²) in [7, 11) is 0. The summed E-state index contributed by atoms with van der Waals surface area (Å²) in [5.41, 5.74) is 0.588. The predicted molar refractivity (Wildman–Crippen MR) is 94.1 cm³/mol. The third-order valence-corrected chi connectivity index (χ3v) is 5.05. The van der Waals surface area contributed by atoms with Crippen LogP contribution < -0.4 is 4.90 Å². The molecule has 4 nitrogen and oxygen atoms in total. The number of amides is 2. The molecule has 1 atom stereocenters. The van der Waals surface area contributed by atoms with Crippen LogP contribution in [0.5, 0.6) is 0 Å². The van der Waals surface area contributed by atoms with E-state index in [0.29, 0.717) is 15.7 Å². The van der Waals surface area contributed by atoms with Gasteiger partial charge < -0.3 is 9.80 Å². The van der Waals surface area contributed by atoms with Crippen LogP contribution in [0.1, 0.15) is 39.5 Å². The number of likely N-dealkylation sites (tertiary alicyclic amines) is 1. The van der Waals surface area contributed by atoms with Crippen molar-refractivity contribution < 1.29 is 9.59 Å². The normalized spacial score (nSPS) is 17.9. The van der Waals surface area contributed by atoms with Crippen molar-refractivity contribution in [2.24, 2.45) is 0 Å². The smallest absolute Gasteiger partial charge is 0.242 e. The molecule has 2 rings (SSSR count). The zero-order valence-electron chi connectivity index (χ0n) is 13.5. The largest absolute Gasteiger partial charge is 0.338 e. The van der Waals surface area contributed by atoms with Crippen LogP contribution in [0.4, 0.5) is 5.69 Å². The fraction of sp³-hybridized carbons (Fsp3) is 0.529. The Morgan fingerprint density at radius 2 is 2.00 bits per heavy atom. The van der Waals surface area contributed by atoms with E-state index in [1.165, 1.54) is 11.8 Å². The van der Waals surface area contributed by atoms with Gasteiger partial charge in [0.1, 0.15) is 6.54 Å². The molecule has 0 spiro atoms. The molecule has 1 aromatic carbocycles. The van der Waals surface area contributed by atoms with Gasteiger partial charge in [0.25, 0.3) is 0 Å². The van der Waals surface area contributed by atoms with Gasteiger partial charge in [-0.25, -0.2) is 0 Å². The molecule has 23 heavy (non-hydrogen) atoms. The van der Waals surface area contributed by atoms with E-state index < -0.39 is 0 Å². The SMILES string of the molecule is CCC1CCCCN1C(=O)CN(C(C)=O)c1ccc(Cl)c(Cl)c1. The average Bonchev–Trinajstić information content (AvgIpc) is 2.54. The molecule has 1 aromatic rings. The number of piperidine rings is 1. The lowest BCUT2D eigenvalue weighted by Gasteiger charge is -2.36. The molecule has 0 saturated carbocycles. The molecule has 1 fully saturated rings. The zero-order chi connectivity index (χ0) is 17.0. The van der Waals surface area contributed by atoms with Gasteiger partial charge in [0.15, 0.2) is 0 Å². The second kappa shape index (κ2) is 8.02. The first kappa shape index (κ1) is 18.1. The van der Waals surface area contributed by atoms with Gasteiger partial charge in [0, 0.05) is 25.2 Å². The molecule has 0 aromatic heterocycles. The van der Waals surface area contributed by atoms with Gasteiger partial charge >= 0.3 is 0 Å². The monoisotopic (exact) mass is 356 g/mol. The van der Waals surface area contributed by atoms with Crippen LogP contribution in [0, 0.1) is 0 Å². The maximum absolute atomic E-state index is 12.7. The Morgan fingerprint density at radius 3 is 2.61 bits per heavy atom. The molecule has 0 aliphatic carbocycles. The highest BCUT2D eigenvalue weighted by Gasteiger charge is 2.27. The number of hydrogen-bond acceptors (Lipinski definition) is 2. The highest BCUT2D eigenvalue weighted by atomic mass is 35.5. The topological polar surface area (TPSA) is 40.6 Å². The lowest BCUT2D eigenvalue weighted by Crippen LogP contribution is -2.48. The van der Waals surface area contributed by atoms with Gasteiger partial charge in [-0.15, -0.1) is 0 Å². The third kappa shape index (κ3) is 4.39. The number of carbonyl (C=O) groups is 2. The summed E-state index contributed by atoms with van der Waals surface area (Å²) >= 11 is 11.9. The minimum Gasteiger partial charge on any atom is -0.338 e. The highest BCUT2D eigenvalue weighted by molar-refractivity contribution is 6.42. The summed E-state index contributed by atoms with van der Waals surface area (Å²) in [5.74, 6) is -0.209. The molecule has 1 saturated heterocycles. The summed E-state index contributed by atoms with van der Waals surface area (Å²) in [6.07, 6.45) is 4.16.